The highest BCUT2D eigenvalue weighted by Gasteiger charge is 2.32. The number of carbonyl (C=O) groups excluding carboxylic acids is 1. The van der Waals surface area contributed by atoms with Crippen LogP contribution >= 0.6 is 0 Å². The van der Waals surface area contributed by atoms with Crippen LogP contribution in [0.1, 0.15) is 65.4 Å². The number of piperidine rings is 1. The van der Waals surface area contributed by atoms with Crippen molar-refractivity contribution in [3.05, 3.63) is 42.0 Å². The Kier molecular flexibility index (Phi) is 7.95. The number of hydrogen-bond acceptors (Lipinski definition) is 4. The molecule has 0 bridgehead atoms. The average molecular weight is 452 g/mol. The molecule has 4 nitrogen and oxygen atoms in total. The Bertz CT molecular complexity index is 932. The Hall–Kier alpha value is -2.07. The van der Waals surface area contributed by atoms with Crippen molar-refractivity contribution in [1.82, 2.24) is 4.90 Å². The van der Waals surface area contributed by atoms with Crippen LogP contribution in [0.2, 0.25) is 0 Å². The molecule has 33 heavy (non-hydrogen) atoms. The largest absolute Gasteiger partial charge is 0.490 e. The first-order valence-corrected chi connectivity index (χ1v) is 13.0. The number of esters is 1. The Morgan fingerprint density at radius 1 is 1.03 bits per heavy atom. The number of rotatable bonds is 7. The number of benzene rings is 2. The maximum Gasteiger partial charge on any atom is 0.309 e. The molecule has 1 aliphatic carbocycles. The molecule has 2 aromatic rings. The van der Waals surface area contributed by atoms with Crippen LogP contribution in [-0.2, 0) is 16.1 Å². The normalized spacial score (nSPS) is 24.8. The van der Waals surface area contributed by atoms with E-state index in [4.69, 9.17) is 9.47 Å². The number of fused-ring (bicyclic) bond motifs is 1. The number of carbonyl (C=O) groups is 1. The summed E-state index contributed by atoms with van der Waals surface area (Å²) in [5.41, 5.74) is 1.33. The third kappa shape index (κ3) is 6.09. The van der Waals surface area contributed by atoms with E-state index in [2.05, 4.69) is 62.1 Å². The summed E-state index contributed by atoms with van der Waals surface area (Å²) in [6.07, 6.45) is 5.87. The van der Waals surface area contributed by atoms with Crippen LogP contribution in [-0.4, -0.2) is 36.7 Å². The predicted octanol–water partition coefficient (Wildman–Crippen LogP) is 6.45. The summed E-state index contributed by atoms with van der Waals surface area (Å²) in [4.78, 5) is 14.4. The highest BCUT2D eigenvalue weighted by Crippen LogP contribution is 2.36. The predicted molar refractivity (Wildman–Crippen MR) is 134 cm³/mol. The summed E-state index contributed by atoms with van der Waals surface area (Å²) < 4.78 is 11.8. The molecule has 0 spiro atoms. The van der Waals surface area contributed by atoms with E-state index in [1.807, 2.05) is 6.92 Å². The molecule has 0 amide bonds. The highest BCUT2D eigenvalue weighted by atomic mass is 16.5. The lowest BCUT2D eigenvalue weighted by atomic mass is 9.75. The Balaban J connectivity index is 1.37. The second-order valence-electron chi connectivity index (χ2n) is 10.6. The Morgan fingerprint density at radius 3 is 2.48 bits per heavy atom. The van der Waals surface area contributed by atoms with E-state index < -0.39 is 0 Å². The van der Waals surface area contributed by atoms with Gasteiger partial charge < -0.3 is 9.47 Å². The van der Waals surface area contributed by atoms with Gasteiger partial charge in [-0.05, 0) is 98.0 Å². The van der Waals surface area contributed by atoms with Crippen LogP contribution in [0, 0.1) is 23.7 Å². The van der Waals surface area contributed by atoms with Gasteiger partial charge in [0.25, 0.3) is 0 Å². The molecule has 4 heteroatoms. The van der Waals surface area contributed by atoms with Crippen LogP contribution in [0.25, 0.3) is 10.8 Å². The van der Waals surface area contributed by atoms with Gasteiger partial charge in [-0.15, -0.1) is 0 Å². The highest BCUT2D eigenvalue weighted by molar-refractivity contribution is 5.84. The van der Waals surface area contributed by atoms with Gasteiger partial charge in [0, 0.05) is 6.54 Å². The smallest absolute Gasteiger partial charge is 0.309 e. The van der Waals surface area contributed by atoms with Crippen molar-refractivity contribution in [1.29, 1.82) is 0 Å². The van der Waals surface area contributed by atoms with Gasteiger partial charge in [0.2, 0.25) is 0 Å². The zero-order valence-corrected chi connectivity index (χ0v) is 20.9. The number of hydrogen-bond donors (Lipinski definition) is 0. The molecule has 3 atom stereocenters. The Labute approximate surface area is 199 Å². The van der Waals surface area contributed by atoms with E-state index in [0.717, 1.165) is 50.6 Å². The van der Waals surface area contributed by atoms with E-state index in [1.165, 1.54) is 29.2 Å². The maximum atomic E-state index is 12.0. The lowest BCUT2D eigenvalue weighted by Crippen LogP contribution is -2.36. The zero-order chi connectivity index (χ0) is 23.4. The van der Waals surface area contributed by atoms with Crippen LogP contribution in [0.3, 0.4) is 0 Å². The standard InChI is InChI=1S/C29H41NO3/c1-5-32-29(31)23-12-14-30(15-13-23)19-22-7-8-25-18-26(10-9-24(25)17-22)33-28-16-21(4)6-11-27(28)20(2)3/h7-10,17-18,20-21,23,27-28H,5-6,11-16,19H2,1-4H3/t21-,27+,28?/m1/s1. The first kappa shape index (κ1) is 24.1. The second-order valence-corrected chi connectivity index (χ2v) is 10.6. The van der Waals surface area contributed by atoms with Gasteiger partial charge >= 0.3 is 5.97 Å². The molecule has 1 saturated heterocycles. The molecule has 0 radical (unpaired) electrons. The van der Waals surface area contributed by atoms with E-state index in [9.17, 15) is 4.79 Å². The van der Waals surface area contributed by atoms with Gasteiger partial charge in [-0.3, -0.25) is 9.69 Å². The quantitative estimate of drug-likeness (QED) is 0.453. The number of likely N-dealkylation sites (tertiary alicyclic amines) is 1. The molecule has 1 aliphatic heterocycles. The monoisotopic (exact) mass is 451 g/mol. The minimum absolute atomic E-state index is 0.0247. The first-order chi connectivity index (χ1) is 15.9. The van der Waals surface area contributed by atoms with Crippen molar-refractivity contribution < 1.29 is 14.3 Å². The van der Waals surface area contributed by atoms with Crippen molar-refractivity contribution >= 4 is 16.7 Å². The first-order valence-electron chi connectivity index (χ1n) is 13.0. The topological polar surface area (TPSA) is 38.8 Å². The summed E-state index contributed by atoms with van der Waals surface area (Å²) in [6, 6.07) is 13.3. The SMILES string of the molecule is CCOC(=O)C1CCN(Cc2ccc3cc(OC4C[C@H](C)CC[C@H]4C(C)C)ccc3c2)CC1. The summed E-state index contributed by atoms with van der Waals surface area (Å²) in [5, 5.41) is 2.50. The molecular weight excluding hydrogens is 410 g/mol. The van der Waals surface area contributed by atoms with Crippen LogP contribution in [0.15, 0.2) is 36.4 Å². The van der Waals surface area contributed by atoms with Gasteiger partial charge in [0.05, 0.1) is 12.5 Å². The summed E-state index contributed by atoms with van der Waals surface area (Å²) >= 11 is 0. The molecule has 0 aromatic heterocycles. The lowest BCUT2D eigenvalue weighted by molar-refractivity contribution is -0.149. The minimum Gasteiger partial charge on any atom is -0.490 e. The molecule has 0 N–H and O–H groups in total. The van der Waals surface area contributed by atoms with E-state index in [1.54, 1.807) is 0 Å². The van der Waals surface area contributed by atoms with Crippen LogP contribution in [0.5, 0.6) is 5.75 Å². The van der Waals surface area contributed by atoms with Gasteiger partial charge in [0.15, 0.2) is 0 Å². The molecule has 1 heterocycles. The summed E-state index contributed by atoms with van der Waals surface area (Å²) in [5.74, 6) is 3.10. The van der Waals surface area contributed by atoms with Crippen molar-refractivity contribution in [2.75, 3.05) is 19.7 Å². The maximum absolute atomic E-state index is 12.0. The second kappa shape index (κ2) is 10.9. The molecule has 4 rings (SSSR count). The molecule has 2 aromatic carbocycles. The third-order valence-corrected chi connectivity index (χ3v) is 7.74. The van der Waals surface area contributed by atoms with Gasteiger partial charge in [0.1, 0.15) is 11.9 Å². The van der Waals surface area contributed by atoms with E-state index >= 15 is 0 Å². The zero-order valence-electron chi connectivity index (χ0n) is 20.9. The molecule has 2 aliphatic rings. The molecular formula is C29H41NO3. The van der Waals surface area contributed by atoms with Crippen molar-refractivity contribution in [2.24, 2.45) is 23.7 Å². The Morgan fingerprint density at radius 2 is 1.76 bits per heavy atom. The molecule has 2 fully saturated rings. The number of nitrogens with zero attached hydrogens (tertiary/aromatic N) is 1. The van der Waals surface area contributed by atoms with Crippen molar-refractivity contribution in [3.63, 3.8) is 0 Å². The van der Waals surface area contributed by atoms with Gasteiger partial charge in [-0.1, -0.05) is 45.4 Å². The number of ether oxygens (including phenoxy) is 2. The van der Waals surface area contributed by atoms with Crippen LogP contribution < -0.4 is 4.74 Å². The van der Waals surface area contributed by atoms with Crippen molar-refractivity contribution in [2.45, 2.75) is 72.4 Å². The fourth-order valence-corrected chi connectivity index (χ4v) is 5.72. The third-order valence-electron chi connectivity index (χ3n) is 7.74. The summed E-state index contributed by atoms with van der Waals surface area (Å²) in [7, 11) is 0. The molecule has 180 valence electrons. The van der Waals surface area contributed by atoms with E-state index in [-0.39, 0.29) is 11.9 Å². The fourth-order valence-electron chi connectivity index (χ4n) is 5.72. The molecule has 1 unspecified atom stereocenters. The average Bonchev–Trinajstić information content (AvgIpc) is 2.79. The van der Waals surface area contributed by atoms with Gasteiger partial charge in [-0.2, -0.15) is 0 Å². The minimum atomic E-state index is -0.0247. The summed E-state index contributed by atoms with van der Waals surface area (Å²) in [6.45, 7) is 12.2. The lowest BCUT2D eigenvalue weighted by Gasteiger charge is -2.37. The van der Waals surface area contributed by atoms with Crippen LogP contribution in [0.4, 0.5) is 0 Å². The van der Waals surface area contributed by atoms with Crippen molar-refractivity contribution in [3.8, 4) is 5.75 Å². The fraction of sp³-hybridized carbons (Fsp3) is 0.621. The molecule has 1 saturated carbocycles. The van der Waals surface area contributed by atoms with Gasteiger partial charge in [-0.25, -0.2) is 0 Å². The van der Waals surface area contributed by atoms with E-state index in [0.29, 0.717) is 24.5 Å².